The molecule has 1 saturated heterocycles. The standard InChI is InChI=1S/C21H20ClN3O2/c1-14-5-4-12-25(13-14)21(26)18-7-3-2-6-17(18)20-23-19(24-27-20)15-8-10-16(22)11-9-15/h2-3,6-11,14H,4-5,12-13H2,1H3/t14-/m1/s1. The number of likely N-dealkylation sites (tertiary alicyclic amines) is 1. The van der Waals surface area contributed by atoms with Gasteiger partial charge in [-0.1, -0.05) is 35.8 Å². The fraction of sp³-hybridized carbons (Fsp3) is 0.286. The van der Waals surface area contributed by atoms with Gasteiger partial charge in [0.05, 0.1) is 11.1 Å². The van der Waals surface area contributed by atoms with Crippen molar-refractivity contribution in [2.24, 2.45) is 5.92 Å². The third-order valence-corrected chi connectivity index (χ3v) is 5.11. The molecule has 2 aromatic carbocycles. The van der Waals surface area contributed by atoms with Crippen LogP contribution >= 0.6 is 11.6 Å². The fourth-order valence-electron chi connectivity index (χ4n) is 3.45. The van der Waals surface area contributed by atoms with Gasteiger partial charge in [-0.25, -0.2) is 0 Å². The van der Waals surface area contributed by atoms with Crippen LogP contribution in [0.2, 0.25) is 5.02 Å². The molecule has 1 amide bonds. The summed E-state index contributed by atoms with van der Waals surface area (Å²) in [6.07, 6.45) is 2.20. The van der Waals surface area contributed by atoms with Crippen molar-refractivity contribution in [1.29, 1.82) is 0 Å². The highest BCUT2D eigenvalue weighted by molar-refractivity contribution is 6.30. The Morgan fingerprint density at radius 3 is 2.74 bits per heavy atom. The molecule has 1 aliphatic rings. The zero-order valence-corrected chi connectivity index (χ0v) is 15.8. The van der Waals surface area contributed by atoms with E-state index in [1.165, 1.54) is 6.42 Å². The molecule has 0 aliphatic carbocycles. The van der Waals surface area contributed by atoms with Crippen LogP contribution < -0.4 is 0 Å². The highest BCUT2D eigenvalue weighted by atomic mass is 35.5. The summed E-state index contributed by atoms with van der Waals surface area (Å²) in [5, 5.41) is 4.71. The molecule has 1 aliphatic heterocycles. The fourth-order valence-corrected chi connectivity index (χ4v) is 3.58. The molecule has 0 saturated carbocycles. The second kappa shape index (κ2) is 7.53. The molecular weight excluding hydrogens is 362 g/mol. The Morgan fingerprint density at radius 1 is 1.19 bits per heavy atom. The number of hydrogen-bond acceptors (Lipinski definition) is 4. The molecule has 0 unspecified atom stereocenters. The summed E-state index contributed by atoms with van der Waals surface area (Å²) in [7, 11) is 0. The summed E-state index contributed by atoms with van der Waals surface area (Å²) in [6, 6.07) is 14.6. The number of carbonyl (C=O) groups is 1. The van der Waals surface area contributed by atoms with E-state index in [9.17, 15) is 4.79 Å². The quantitative estimate of drug-likeness (QED) is 0.645. The zero-order valence-electron chi connectivity index (χ0n) is 15.1. The number of amides is 1. The predicted octanol–water partition coefficient (Wildman–Crippen LogP) is 4.93. The van der Waals surface area contributed by atoms with Crippen molar-refractivity contribution in [2.75, 3.05) is 13.1 Å². The van der Waals surface area contributed by atoms with Crippen LogP contribution in [-0.2, 0) is 0 Å². The molecule has 1 atom stereocenters. The van der Waals surface area contributed by atoms with E-state index >= 15 is 0 Å². The molecule has 6 heteroatoms. The van der Waals surface area contributed by atoms with Crippen molar-refractivity contribution in [3.63, 3.8) is 0 Å². The van der Waals surface area contributed by atoms with Gasteiger partial charge in [0.25, 0.3) is 11.8 Å². The minimum Gasteiger partial charge on any atom is -0.338 e. The summed E-state index contributed by atoms with van der Waals surface area (Å²) in [4.78, 5) is 19.5. The number of carbonyl (C=O) groups excluding carboxylic acids is 1. The van der Waals surface area contributed by atoms with Gasteiger partial charge in [0, 0.05) is 23.7 Å². The Kier molecular flexibility index (Phi) is 4.94. The Bertz CT molecular complexity index is 952. The Balaban J connectivity index is 1.65. The molecule has 0 radical (unpaired) electrons. The SMILES string of the molecule is C[C@@H]1CCCN(C(=O)c2ccccc2-c2nc(-c3ccc(Cl)cc3)no2)C1. The molecule has 0 N–H and O–H groups in total. The average molecular weight is 382 g/mol. The molecule has 27 heavy (non-hydrogen) atoms. The van der Waals surface area contributed by atoms with Crippen LogP contribution in [0.3, 0.4) is 0 Å². The van der Waals surface area contributed by atoms with Crippen molar-refractivity contribution >= 4 is 17.5 Å². The molecule has 0 spiro atoms. The van der Waals surface area contributed by atoms with Gasteiger partial charge < -0.3 is 9.42 Å². The van der Waals surface area contributed by atoms with Crippen LogP contribution in [0, 0.1) is 5.92 Å². The highest BCUT2D eigenvalue weighted by Gasteiger charge is 2.25. The van der Waals surface area contributed by atoms with Crippen molar-refractivity contribution in [3.8, 4) is 22.8 Å². The zero-order chi connectivity index (χ0) is 18.8. The van der Waals surface area contributed by atoms with Crippen LogP contribution in [0.4, 0.5) is 0 Å². The van der Waals surface area contributed by atoms with Crippen molar-refractivity contribution in [3.05, 3.63) is 59.1 Å². The summed E-state index contributed by atoms with van der Waals surface area (Å²) in [5.74, 6) is 1.35. The lowest BCUT2D eigenvalue weighted by molar-refractivity contribution is 0.0683. The highest BCUT2D eigenvalue weighted by Crippen LogP contribution is 2.28. The second-order valence-corrected chi connectivity index (χ2v) is 7.41. The average Bonchev–Trinajstić information content (AvgIpc) is 3.18. The maximum absolute atomic E-state index is 13.1. The van der Waals surface area contributed by atoms with Gasteiger partial charge in [-0.15, -0.1) is 0 Å². The topological polar surface area (TPSA) is 59.2 Å². The van der Waals surface area contributed by atoms with E-state index in [1.807, 2.05) is 41.3 Å². The molecule has 138 valence electrons. The first-order valence-corrected chi connectivity index (χ1v) is 9.48. The van der Waals surface area contributed by atoms with Gasteiger partial charge in [-0.05, 0) is 55.2 Å². The van der Waals surface area contributed by atoms with Gasteiger partial charge >= 0.3 is 0 Å². The molecule has 3 aromatic rings. The second-order valence-electron chi connectivity index (χ2n) is 6.97. The lowest BCUT2D eigenvalue weighted by atomic mass is 9.98. The number of aromatic nitrogens is 2. The van der Waals surface area contributed by atoms with Gasteiger partial charge in [0.15, 0.2) is 0 Å². The molecule has 0 bridgehead atoms. The van der Waals surface area contributed by atoms with Crippen molar-refractivity contribution in [2.45, 2.75) is 19.8 Å². The summed E-state index contributed by atoms with van der Waals surface area (Å²) < 4.78 is 5.47. The number of benzene rings is 2. The minimum absolute atomic E-state index is 0.0170. The molecule has 5 nitrogen and oxygen atoms in total. The van der Waals surface area contributed by atoms with Gasteiger partial charge in [-0.3, -0.25) is 4.79 Å². The number of halogens is 1. The molecule has 1 aromatic heterocycles. The van der Waals surface area contributed by atoms with E-state index in [0.717, 1.165) is 25.1 Å². The maximum atomic E-state index is 13.1. The number of rotatable bonds is 3. The first-order valence-electron chi connectivity index (χ1n) is 9.10. The van der Waals surface area contributed by atoms with E-state index in [1.54, 1.807) is 12.1 Å². The van der Waals surface area contributed by atoms with Gasteiger partial charge in [0.1, 0.15) is 0 Å². The Morgan fingerprint density at radius 2 is 1.96 bits per heavy atom. The van der Waals surface area contributed by atoms with Crippen LogP contribution in [0.15, 0.2) is 53.1 Å². The molecule has 2 heterocycles. The van der Waals surface area contributed by atoms with E-state index in [-0.39, 0.29) is 5.91 Å². The van der Waals surface area contributed by atoms with Crippen LogP contribution in [0.25, 0.3) is 22.8 Å². The monoisotopic (exact) mass is 381 g/mol. The molecular formula is C21H20ClN3O2. The summed E-state index contributed by atoms with van der Waals surface area (Å²) in [5.41, 5.74) is 2.06. The lowest BCUT2D eigenvalue weighted by Crippen LogP contribution is -2.39. The van der Waals surface area contributed by atoms with E-state index in [4.69, 9.17) is 16.1 Å². The third kappa shape index (κ3) is 3.74. The van der Waals surface area contributed by atoms with Crippen LogP contribution in [0.1, 0.15) is 30.1 Å². The number of piperidine rings is 1. The first-order chi connectivity index (χ1) is 13.1. The smallest absolute Gasteiger partial charge is 0.259 e. The molecule has 4 rings (SSSR count). The van der Waals surface area contributed by atoms with Crippen LogP contribution in [-0.4, -0.2) is 34.0 Å². The van der Waals surface area contributed by atoms with Gasteiger partial charge in [-0.2, -0.15) is 4.98 Å². The Labute approximate surface area is 163 Å². The summed E-state index contributed by atoms with van der Waals surface area (Å²) >= 11 is 5.93. The van der Waals surface area contributed by atoms with Crippen molar-refractivity contribution < 1.29 is 9.32 Å². The van der Waals surface area contributed by atoms with Crippen molar-refractivity contribution in [1.82, 2.24) is 15.0 Å². The lowest BCUT2D eigenvalue weighted by Gasteiger charge is -2.31. The minimum atomic E-state index is 0.0170. The normalized spacial score (nSPS) is 17.1. The van der Waals surface area contributed by atoms with Crippen LogP contribution in [0.5, 0.6) is 0 Å². The molecule has 1 fully saturated rings. The third-order valence-electron chi connectivity index (χ3n) is 4.86. The van der Waals surface area contributed by atoms with E-state index < -0.39 is 0 Å². The first kappa shape index (κ1) is 17.7. The largest absolute Gasteiger partial charge is 0.338 e. The summed E-state index contributed by atoms with van der Waals surface area (Å²) in [6.45, 7) is 3.76. The Hall–Kier alpha value is -2.66. The van der Waals surface area contributed by atoms with E-state index in [0.29, 0.717) is 33.8 Å². The number of hydrogen-bond donors (Lipinski definition) is 0. The predicted molar refractivity (Wildman–Crippen MR) is 104 cm³/mol. The van der Waals surface area contributed by atoms with Gasteiger partial charge in [0.2, 0.25) is 5.82 Å². The van der Waals surface area contributed by atoms with E-state index in [2.05, 4.69) is 17.1 Å². The number of nitrogens with zero attached hydrogens (tertiary/aromatic N) is 3. The maximum Gasteiger partial charge on any atom is 0.259 e.